The third kappa shape index (κ3) is 4.99. The molecule has 0 aliphatic carbocycles. The van der Waals surface area contributed by atoms with Gasteiger partial charge in [0.2, 0.25) is 5.91 Å². The van der Waals surface area contributed by atoms with E-state index in [0.717, 1.165) is 24.2 Å². The van der Waals surface area contributed by atoms with Gasteiger partial charge in [0.05, 0.1) is 12.3 Å². The minimum atomic E-state index is 0.135. The molecule has 1 amide bonds. The van der Waals surface area contributed by atoms with E-state index < -0.39 is 0 Å². The van der Waals surface area contributed by atoms with E-state index in [1.807, 2.05) is 41.7 Å². The van der Waals surface area contributed by atoms with Crippen molar-refractivity contribution in [2.24, 2.45) is 5.10 Å². The van der Waals surface area contributed by atoms with Gasteiger partial charge in [0.25, 0.3) is 0 Å². The van der Waals surface area contributed by atoms with Gasteiger partial charge in [0, 0.05) is 48.4 Å². The van der Waals surface area contributed by atoms with Gasteiger partial charge in [-0.05, 0) is 5.56 Å². The molecule has 0 saturated carbocycles. The number of thioether (sulfide) groups is 2. The van der Waals surface area contributed by atoms with Crippen molar-refractivity contribution >= 4 is 35.1 Å². The maximum Gasteiger partial charge on any atom is 0.243 e. The van der Waals surface area contributed by atoms with Crippen molar-refractivity contribution < 1.29 is 4.79 Å². The van der Waals surface area contributed by atoms with Gasteiger partial charge in [-0.25, -0.2) is 5.01 Å². The van der Waals surface area contributed by atoms with Crippen LogP contribution in [0.3, 0.4) is 0 Å². The van der Waals surface area contributed by atoms with Gasteiger partial charge in [0.15, 0.2) is 0 Å². The molecule has 2 aliphatic rings. The Bertz CT molecular complexity index is 542. The molecule has 4 nitrogen and oxygen atoms in total. The lowest BCUT2D eigenvalue weighted by atomic mass is 10.0. The predicted octanol–water partition coefficient (Wildman–Crippen LogP) is 2.45. The number of carbonyl (C=O) groups excluding carboxylic acids is 1. The minimum absolute atomic E-state index is 0.135. The number of hydrogen-bond donors (Lipinski definition) is 1. The molecule has 6 heteroatoms. The molecule has 1 aromatic carbocycles. The van der Waals surface area contributed by atoms with Crippen molar-refractivity contribution in [2.75, 3.05) is 36.1 Å². The molecular formula is C17H23N3OS2. The number of hydrogen-bond acceptors (Lipinski definition) is 5. The summed E-state index contributed by atoms with van der Waals surface area (Å²) in [5.74, 6) is 4.96. The molecule has 0 aromatic heterocycles. The van der Waals surface area contributed by atoms with Crippen LogP contribution < -0.4 is 5.32 Å². The lowest BCUT2D eigenvalue weighted by Crippen LogP contribution is -2.41. The number of nitrogens with zero attached hydrogens (tertiary/aromatic N) is 2. The summed E-state index contributed by atoms with van der Waals surface area (Å²) in [5.41, 5.74) is 2.14. The Balaban J connectivity index is 1.54. The summed E-state index contributed by atoms with van der Waals surface area (Å²) in [6, 6.07) is 10.7. The van der Waals surface area contributed by atoms with E-state index in [9.17, 15) is 4.79 Å². The largest absolute Gasteiger partial charge is 0.310 e. The maximum atomic E-state index is 12.1. The first-order chi connectivity index (χ1) is 11.3. The van der Waals surface area contributed by atoms with Crippen molar-refractivity contribution in [3.8, 4) is 0 Å². The van der Waals surface area contributed by atoms with Gasteiger partial charge in [0.1, 0.15) is 0 Å². The average Bonchev–Trinajstić information content (AvgIpc) is 2.86. The second-order valence-electron chi connectivity index (χ2n) is 5.73. The zero-order valence-electron chi connectivity index (χ0n) is 13.2. The molecule has 0 radical (unpaired) electrons. The molecule has 2 aliphatic heterocycles. The fourth-order valence-corrected chi connectivity index (χ4v) is 5.19. The van der Waals surface area contributed by atoms with Crippen LogP contribution in [0.5, 0.6) is 0 Å². The van der Waals surface area contributed by atoms with Crippen LogP contribution in [0.25, 0.3) is 0 Å². The summed E-state index contributed by atoms with van der Waals surface area (Å²) in [6.45, 7) is 1.46. The lowest BCUT2D eigenvalue weighted by Gasteiger charge is -2.25. The van der Waals surface area contributed by atoms with Crippen molar-refractivity contribution in [3.63, 3.8) is 0 Å². The van der Waals surface area contributed by atoms with Crippen LogP contribution in [0.1, 0.15) is 18.4 Å². The van der Waals surface area contributed by atoms with Crippen LogP contribution in [0.2, 0.25) is 0 Å². The number of amides is 1. The fourth-order valence-electron chi connectivity index (χ4n) is 2.72. The molecule has 0 unspecified atom stereocenters. The molecule has 1 N–H and O–H groups in total. The van der Waals surface area contributed by atoms with Gasteiger partial charge < -0.3 is 5.32 Å². The summed E-state index contributed by atoms with van der Waals surface area (Å²) < 4.78 is 0. The van der Waals surface area contributed by atoms with Gasteiger partial charge in [-0.3, -0.25) is 4.79 Å². The van der Waals surface area contributed by atoms with Gasteiger partial charge >= 0.3 is 0 Å². The van der Waals surface area contributed by atoms with E-state index in [4.69, 9.17) is 0 Å². The van der Waals surface area contributed by atoms with Crippen LogP contribution in [0.4, 0.5) is 0 Å². The van der Waals surface area contributed by atoms with Crippen molar-refractivity contribution in [2.45, 2.75) is 18.9 Å². The molecule has 124 valence electrons. The highest BCUT2D eigenvalue weighted by Gasteiger charge is 2.21. The number of nitrogens with one attached hydrogen (secondary N) is 1. The third-order valence-electron chi connectivity index (χ3n) is 3.98. The van der Waals surface area contributed by atoms with Gasteiger partial charge in [-0.1, -0.05) is 30.3 Å². The van der Waals surface area contributed by atoms with Crippen LogP contribution in [-0.2, 0) is 4.79 Å². The topological polar surface area (TPSA) is 44.7 Å². The Morgan fingerprint density at radius 1 is 1.13 bits per heavy atom. The fraction of sp³-hybridized carbons (Fsp3) is 0.529. The Kier molecular flexibility index (Phi) is 6.42. The molecule has 2 heterocycles. The van der Waals surface area contributed by atoms with E-state index >= 15 is 0 Å². The molecule has 23 heavy (non-hydrogen) atoms. The van der Waals surface area contributed by atoms with Crippen molar-refractivity contribution in [1.82, 2.24) is 10.3 Å². The quantitative estimate of drug-likeness (QED) is 0.887. The summed E-state index contributed by atoms with van der Waals surface area (Å²) >= 11 is 4.03. The Hall–Kier alpha value is -0.980. The summed E-state index contributed by atoms with van der Waals surface area (Å²) in [5, 5.41) is 9.81. The minimum Gasteiger partial charge on any atom is -0.310 e. The van der Waals surface area contributed by atoms with Gasteiger partial charge in [-0.15, -0.1) is 0 Å². The monoisotopic (exact) mass is 349 g/mol. The highest BCUT2D eigenvalue weighted by molar-refractivity contribution is 8.03. The standard InChI is InChI=1S/C17H23N3OS2/c21-17-7-6-16(14-4-2-1-3-5-14)19-20(17)9-8-18-15-12-22-10-11-23-13-15/h1-5,15,18H,6-13H2. The predicted molar refractivity (Wildman–Crippen MR) is 100 cm³/mol. The second-order valence-corrected chi connectivity index (χ2v) is 8.03. The third-order valence-corrected chi connectivity index (χ3v) is 6.50. The van der Waals surface area contributed by atoms with E-state index in [1.54, 1.807) is 5.01 Å². The molecule has 0 atom stereocenters. The highest BCUT2D eigenvalue weighted by atomic mass is 32.2. The average molecular weight is 350 g/mol. The summed E-state index contributed by atoms with van der Waals surface area (Å²) in [6.07, 6.45) is 1.30. The van der Waals surface area contributed by atoms with Crippen molar-refractivity contribution in [3.05, 3.63) is 35.9 Å². The molecule has 1 fully saturated rings. The van der Waals surface area contributed by atoms with Crippen LogP contribution in [-0.4, -0.2) is 58.8 Å². The van der Waals surface area contributed by atoms with E-state index in [-0.39, 0.29) is 5.91 Å². The second kappa shape index (κ2) is 8.76. The first kappa shape index (κ1) is 16.9. The summed E-state index contributed by atoms with van der Waals surface area (Å²) in [4.78, 5) is 12.1. The molecule has 1 aromatic rings. The first-order valence-electron chi connectivity index (χ1n) is 8.15. The number of carbonyl (C=O) groups is 1. The van der Waals surface area contributed by atoms with Crippen LogP contribution in [0.15, 0.2) is 35.4 Å². The zero-order chi connectivity index (χ0) is 15.9. The number of hydrazone groups is 1. The maximum absolute atomic E-state index is 12.1. The van der Waals surface area contributed by atoms with Gasteiger partial charge in [-0.2, -0.15) is 28.6 Å². The lowest BCUT2D eigenvalue weighted by molar-refractivity contribution is -0.131. The van der Waals surface area contributed by atoms with Crippen LogP contribution in [0, 0.1) is 0 Å². The number of rotatable bonds is 5. The van der Waals surface area contributed by atoms with E-state index in [0.29, 0.717) is 19.0 Å². The van der Waals surface area contributed by atoms with Crippen LogP contribution >= 0.6 is 23.5 Å². The Morgan fingerprint density at radius 2 is 1.87 bits per heavy atom. The Morgan fingerprint density at radius 3 is 2.61 bits per heavy atom. The SMILES string of the molecule is O=C1CCC(c2ccccc2)=NN1CCNC1CSCCSC1. The Labute approximate surface area is 146 Å². The normalized spacial score (nSPS) is 20.3. The molecule has 0 spiro atoms. The highest BCUT2D eigenvalue weighted by Crippen LogP contribution is 2.17. The first-order valence-corrected chi connectivity index (χ1v) is 10.5. The summed E-state index contributed by atoms with van der Waals surface area (Å²) in [7, 11) is 0. The van der Waals surface area contributed by atoms with E-state index in [1.165, 1.54) is 23.0 Å². The molecule has 1 saturated heterocycles. The zero-order valence-corrected chi connectivity index (χ0v) is 14.9. The molecule has 3 rings (SSSR count). The van der Waals surface area contributed by atoms with Crippen molar-refractivity contribution in [1.29, 1.82) is 0 Å². The van der Waals surface area contributed by atoms with E-state index in [2.05, 4.69) is 22.6 Å². The molecule has 0 bridgehead atoms. The smallest absolute Gasteiger partial charge is 0.243 e. The number of benzene rings is 1. The molecular weight excluding hydrogens is 326 g/mol.